The van der Waals surface area contributed by atoms with Gasteiger partial charge in [-0.05, 0) is 67.3 Å². The van der Waals surface area contributed by atoms with E-state index in [0.29, 0.717) is 18.2 Å². The molecule has 4 rings (SSSR count). The topological polar surface area (TPSA) is 116 Å². The standard InChI is InChI=1S/C25H27F4N3O5S/c1-24(35,25(27,28)29)17-3-9-23-16(12-17)2-6-20(13-19-10-11-31(30-19)14-21(34)15-33)32(23)38(36,37)22-7-4-18(26)5-8-22/h3-5,7-12,20-21,33-35H,2,6,13-15H2,1H3/t20-,21?,24?/m0/s1. The van der Waals surface area contributed by atoms with E-state index >= 15 is 0 Å². The predicted octanol–water partition coefficient (Wildman–Crippen LogP) is 2.90. The Morgan fingerprint density at radius 1 is 1.13 bits per heavy atom. The highest BCUT2D eigenvalue weighted by molar-refractivity contribution is 7.92. The number of hydrogen-bond acceptors (Lipinski definition) is 6. The lowest BCUT2D eigenvalue weighted by molar-refractivity contribution is -0.258. The lowest BCUT2D eigenvalue weighted by Crippen LogP contribution is -2.45. The van der Waals surface area contributed by atoms with Crippen LogP contribution in [0.2, 0.25) is 0 Å². The normalized spacial score (nSPS) is 18.6. The zero-order valence-electron chi connectivity index (χ0n) is 20.3. The number of aryl methyl sites for hydroxylation is 1. The summed E-state index contributed by atoms with van der Waals surface area (Å²) >= 11 is 0. The second-order valence-electron chi connectivity index (χ2n) is 9.43. The van der Waals surface area contributed by atoms with Gasteiger partial charge >= 0.3 is 6.18 Å². The van der Waals surface area contributed by atoms with E-state index < -0.39 is 51.9 Å². The zero-order valence-corrected chi connectivity index (χ0v) is 21.1. The minimum atomic E-state index is -4.94. The smallest absolute Gasteiger partial charge is 0.394 e. The Hall–Kier alpha value is -3.00. The predicted molar refractivity (Wildman–Crippen MR) is 129 cm³/mol. The quantitative estimate of drug-likeness (QED) is 0.367. The number of nitrogens with zero attached hydrogens (tertiary/aromatic N) is 3. The lowest BCUT2D eigenvalue weighted by Gasteiger charge is -2.38. The Kier molecular flexibility index (Phi) is 7.58. The van der Waals surface area contributed by atoms with Gasteiger partial charge in [-0.1, -0.05) is 12.1 Å². The third kappa shape index (κ3) is 5.41. The molecular weight excluding hydrogens is 530 g/mol. The van der Waals surface area contributed by atoms with Gasteiger partial charge in [0.1, 0.15) is 5.82 Å². The molecule has 2 unspecified atom stereocenters. The molecule has 2 aromatic carbocycles. The summed E-state index contributed by atoms with van der Waals surface area (Å²) in [5, 5.41) is 33.2. The average molecular weight is 558 g/mol. The highest BCUT2D eigenvalue weighted by Gasteiger charge is 2.51. The third-order valence-corrected chi connectivity index (χ3v) is 8.51. The minimum absolute atomic E-state index is 0.0313. The van der Waals surface area contributed by atoms with Crippen molar-refractivity contribution in [1.29, 1.82) is 0 Å². The van der Waals surface area contributed by atoms with Gasteiger partial charge in [0.2, 0.25) is 0 Å². The fraction of sp³-hybridized carbons (Fsp3) is 0.400. The van der Waals surface area contributed by atoms with Crippen LogP contribution in [0.5, 0.6) is 0 Å². The van der Waals surface area contributed by atoms with Crippen LogP contribution in [0.3, 0.4) is 0 Å². The molecule has 38 heavy (non-hydrogen) atoms. The molecule has 3 atom stereocenters. The number of benzene rings is 2. The van der Waals surface area contributed by atoms with Crippen molar-refractivity contribution >= 4 is 15.7 Å². The van der Waals surface area contributed by atoms with Gasteiger partial charge in [-0.3, -0.25) is 8.99 Å². The SMILES string of the molecule is CC(O)(c1ccc2c(c1)CC[C@@H](Cc1ccn(CC(O)CO)n1)N2S(=O)(=O)c1ccc(F)cc1)C(F)(F)F. The number of fused-ring (bicyclic) bond motifs is 1. The van der Waals surface area contributed by atoms with Crippen molar-refractivity contribution < 1.29 is 41.3 Å². The van der Waals surface area contributed by atoms with E-state index in [1.807, 2.05) is 0 Å². The Morgan fingerprint density at radius 2 is 1.82 bits per heavy atom. The van der Waals surface area contributed by atoms with E-state index in [4.69, 9.17) is 5.11 Å². The molecule has 0 bridgehead atoms. The number of anilines is 1. The van der Waals surface area contributed by atoms with E-state index in [9.17, 15) is 36.2 Å². The van der Waals surface area contributed by atoms with Crippen molar-refractivity contribution in [3.05, 3.63) is 77.4 Å². The van der Waals surface area contributed by atoms with Crippen molar-refractivity contribution in [2.45, 2.75) is 61.5 Å². The largest absolute Gasteiger partial charge is 0.421 e. The first-order chi connectivity index (χ1) is 17.7. The van der Waals surface area contributed by atoms with E-state index in [0.717, 1.165) is 40.7 Å². The van der Waals surface area contributed by atoms with Crippen LogP contribution in [0.25, 0.3) is 0 Å². The number of aromatic nitrogens is 2. The molecule has 1 aliphatic rings. The van der Waals surface area contributed by atoms with Crippen molar-refractivity contribution in [1.82, 2.24) is 9.78 Å². The molecule has 0 aliphatic carbocycles. The molecule has 1 aliphatic heterocycles. The maximum atomic E-state index is 13.8. The summed E-state index contributed by atoms with van der Waals surface area (Å²) in [7, 11) is -4.28. The van der Waals surface area contributed by atoms with Crippen molar-refractivity contribution in [2.24, 2.45) is 0 Å². The molecule has 0 saturated carbocycles. The van der Waals surface area contributed by atoms with Crippen LogP contribution in [0, 0.1) is 5.82 Å². The first-order valence-electron chi connectivity index (χ1n) is 11.8. The van der Waals surface area contributed by atoms with E-state index in [1.165, 1.54) is 10.7 Å². The van der Waals surface area contributed by atoms with E-state index in [1.54, 1.807) is 12.3 Å². The van der Waals surface area contributed by atoms with Gasteiger partial charge in [0.25, 0.3) is 10.0 Å². The first-order valence-corrected chi connectivity index (χ1v) is 13.2. The van der Waals surface area contributed by atoms with E-state index in [-0.39, 0.29) is 36.4 Å². The van der Waals surface area contributed by atoms with Gasteiger partial charge in [-0.15, -0.1) is 0 Å². The van der Waals surface area contributed by atoms with Crippen LogP contribution in [0.1, 0.15) is 30.2 Å². The average Bonchev–Trinajstić information content (AvgIpc) is 3.29. The number of aliphatic hydroxyl groups is 3. The number of alkyl halides is 3. The molecule has 13 heteroatoms. The van der Waals surface area contributed by atoms with E-state index in [2.05, 4.69) is 5.10 Å². The highest BCUT2D eigenvalue weighted by Crippen LogP contribution is 2.42. The number of rotatable bonds is 8. The van der Waals surface area contributed by atoms with Gasteiger partial charge in [0.05, 0.1) is 41.6 Å². The Labute approximate surface area is 216 Å². The number of aliphatic hydroxyl groups excluding tert-OH is 2. The molecule has 0 amide bonds. The molecule has 3 aromatic rings. The zero-order chi connectivity index (χ0) is 27.9. The molecule has 0 radical (unpaired) electrons. The van der Waals surface area contributed by atoms with Crippen LogP contribution < -0.4 is 4.31 Å². The van der Waals surface area contributed by atoms with Gasteiger partial charge in [-0.25, -0.2) is 12.8 Å². The summed E-state index contributed by atoms with van der Waals surface area (Å²) in [5.74, 6) is -0.630. The number of hydrogen-bond donors (Lipinski definition) is 3. The summed E-state index contributed by atoms with van der Waals surface area (Å²) < 4.78 is 84.0. The summed E-state index contributed by atoms with van der Waals surface area (Å²) in [6.07, 6.45) is -3.78. The number of halogens is 4. The van der Waals surface area contributed by atoms with Gasteiger partial charge < -0.3 is 15.3 Å². The Morgan fingerprint density at radius 3 is 2.45 bits per heavy atom. The van der Waals surface area contributed by atoms with Crippen molar-refractivity contribution in [3.63, 3.8) is 0 Å². The first kappa shape index (κ1) is 28.0. The van der Waals surface area contributed by atoms with Crippen molar-refractivity contribution in [2.75, 3.05) is 10.9 Å². The molecule has 2 heterocycles. The maximum absolute atomic E-state index is 13.8. The molecule has 206 valence electrons. The lowest BCUT2D eigenvalue weighted by atomic mass is 9.89. The molecule has 0 fully saturated rings. The second-order valence-corrected chi connectivity index (χ2v) is 11.2. The summed E-state index contributed by atoms with van der Waals surface area (Å²) in [6.45, 7) is 0.211. The summed E-state index contributed by atoms with van der Waals surface area (Å²) in [6, 6.07) is 8.66. The molecular formula is C25H27F4N3O5S. The van der Waals surface area contributed by atoms with Crippen LogP contribution in [0.4, 0.5) is 23.2 Å². The fourth-order valence-electron chi connectivity index (χ4n) is 4.46. The van der Waals surface area contributed by atoms with Gasteiger partial charge in [-0.2, -0.15) is 18.3 Å². The fourth-order valence-corrected chi connectivity index (χ4v) is 6.18. The van der Waals surface area contributed by atoms with Gasteiger partial charge in [0, 0.05) is 12.6 Å². The number of sulfonamides is 1. The second kappa shape index (κ2) is 10.3. The van der Waals surface area contributed by atoms with Crippen LogP contribution in [0.15, 0.2) is 59.6 Å². The highest BCUT2D eigenvalue weighted by atomic mass is 32.2. The monoisotopic (exact) mass is 557 g/mol. The molecule has 1 aromatic heterocycles. The Bertz CT molecular complexity index is 1390. The molecule has 3 N–H and O–H groups in total. The van der Waals surface area contributed by atoms with Crippen LogP contribution in [-0.4, -0.2) is 58.4 Å². The van der Waals surface area contributed by atoms with Crippen LogP contribution in [-0.2, 0) is 35.0 Å². The molecule has 0 saturated heterocycles. The Balaban J connectivity index is 1.75. The summed E-state index contributed by atoms with van der Waals surface area (Å²) in [4.78, 5) is -0.195. The van der Waals surface area contributed by atoms with Gasteiger partial charge in [0.15, 0.2) is 5.60 Å². The third-order valence-electron chi connectivity index (χ3n) is 6.63. The minimum Gasteiger partial charge on any atom is -0.394 e. The van der Waals surface area contributed by atoms with Crippen molar-refractivity contribution in [3.8, 4) is 0 Å². The molecule has 0 spiro atoms. The van der Waals surface area contributed by atoms with Crippen LogP contribution >= 0.6 is 0 Å². The summed E-state index contributed by atoms with van der Waals surface area (Å²) in [5.41, 5.74) is -2.58. The molecule has 8 nitrogen and oxygen atoms in total. The maximum Gasteiger partial charge on any atom is 0.421 e.